The topological polar surface area (TPSA) is 72.3 Å². The van der Waals surface area contributed by atoms with Gasteiger partial charge in [-0.1, -0.05) is 0 Å². The third-order valence-electron chi connectivity index (χ3n) is 4.10. The van der Waals surface area contributed by atoms with Crippen LogP contribution in [0.25, 0.3) is 0 Å². The predicted molar refractivity (Wildman–Crippen MR) is 64.2 cm³/mol. The average molecular weight is 279 g/mol. The van der Waals surface area contributed by atoms with Gasteiger partial charge in [-0.15, -0.1) is 0 Å². The van der Waals surface area contributed by atoms with Crippen molar-refractivity contribution in [2.45, 2.75) is 62.3 Å². The van der Waals surface area contributed by atoms with Crippen LogP contribution < -0.4 is 11.5 Å². The number of amides is 1. The zero-order valence-electron chi connectivity index (χ0n) is 10.7. The maximum atomic E-state index is 12.6. The summed E-state index contributed by atoms with van der Waals surface area (Å²) in [5.41, 5.74) is 10.1. The second-order valence-electron chi connectivity index (χ2n) is 5.79. The summed E-state index contributed by atoms with van der Waals surface area (Å²) in [7, 11) is 0. The smallest absolute Gasteiger partial charge is 0.368 e. The minimum atomic E-state index is -4.22. The van der Waals surface area contributed by atoms with Crippen LogP contribution in [0.2, 0.25) is 0 Å². The largest absolute Gasteiger partial charge is 0.401 e. The summed E-state index contributed by atoms with van der Waals surface area (Å²) in [5, 5.41) is 0. The number of rotatable bonds is 4. The maximum Gasteiger partial charge on any atom is 0.401 e. The Hall–Kier alpha value is -0.820. The van der Waals surface area contributed by atoms with E-state index in [-0.39, 0.29) is 18.5 Å². The molecule has 0 aromatic heterocycles. The monoisotopic (exact) mass is 279 g/mol. The van der Waals surface area contributed by atoms with Crippen LogP contribution in [0.3, 0.4) is 0 Å². The van der Waals surface area contributed by atoms with Gasteiger partial charge in [0.15, 0.2) is 0 Å². The van der Waals surface area contributed by atoms with Crippen LogP contribution in [0.5, 0.6) is 0 Å². The van der Waals surface area contributed by atoms with Gasteiger partial charge in [0.25, 0.3) is 0 Å². The van der Waals surface area contributed by atoms with Crippen LogP contribution in [0.4, 0.5) is 13.2 Å². The van der Waals surface area contributed by atoms with Gasteiger partial charge < -0.3 is 11.5 Å². The van der Waals surface area contributed by atoms with Gasteiger partial charge in [0.2, 0.25) is 5.91 Å². The van der Waals surface area contributed by atoms with Crippen molar-refractivity contribution in [3.8, 4) is 0 Å². The van der Waals surface area contributed by atoms with E-state index in [1.807, 2.05) is 0 Å². The highest BCUT2D eigenvalue weighted by Crippen LogP contribution is 2.37. The van der Waals surface area contributed by atoms with Crippen LogP contribution in [-0.4, -0.2) is 41.2 Å². The second kappa shape index (κ2) is 4.94. The minimum absolute atomic E-state index is 0.0122. The van der Waals surface area contributed by atoms with Gasteiger partial charge in [-0.05, 0) is 38.5 Å². The Morgan fingerprint density at radius 2 is 1.89 bits per heavy atom. The molecule has 2 rings (SSSR count). The van der Waals surface area contributed by atoms with Gasteiger partial charge in [-0.3, -0.25) is 9.69 Å². The standard InChI is InChI=1S/C12H20F3N3O/c13-12(14,15)7-18(8-3-4-8)9-2-1-5-11(17,6-9)10(16)19/h8-9H,1-7,17H2,(H2,16,19). The van der Waals surface area contributed by atoms with E-state index in [1.165, 1.54) is 4.90 Å². The predicted octanol–water partition coefficient (Wildman–Crippen LogP) is 1.14. The number of hydrogen-bond donors (Lipinski definition) is 2. The highest BCUT2D eigenvalue weighted by Gasteiger charge is 2.46. The molecule has 0 aliphatic heterocycles. The van der Waals surface area contributed by atoms with Crippen molar-refractivity contribution >= 4 is 5.91 Å². The molecule has 2 aliphatic carbocycles. The first-order valence-electron chi connectivity index (χ1n) is 6.62. The summed E-state index contributed by atoms with van der Waals surface area (Å²) in [4.78, 5) is 12.8. The molecule has 19 heavy (non-hydrogen) atoms. The lowest BCUT2D eigenvalue weighted by molar-refractivity contribution is -0.155. The fraction of sp³-hybridized carbons (Fsp3) is 0.917. The summed E-state index contributed by atoms with van der Waals surface area (Å²) in [6, 6.07) is -0.303. The van der Waals surface area contributed by atoms with Crippen LogP contribution in [-0.2, 0) is 4.79 Å². The Kier molecular flexibility index (Phi) is 3.79. The van der Waals surface area contributed by atoms with Gasteiger partial charge in [0, 0.05) is 12.1 Å². The van der Waals surface area contributed by atoms with E-state index in [4.69, 9.17) is 11.5 Å². The van der Waals surface area contributed by atoms with Crippen LogP contribution in [0, 0.1) is 0 Å². The Morgan fingerprint density at radius 3 is 2.37 bits per heavy atom. The van der Waals surface area contributed by atoms with Gasteiger partial charge in [-0.25, -0.2) is 0 Å². The van der Waals surface area contributed by atoms with Gasteiger partial charge in [-0.2, -0.15) is 13.2 Å². The molecule has 2 unspecified atom stereocenters. The highest BCUT2D eigenvalue weighted by molar-refractivity contribution is 5.84. The Bertz CT molecular complexity index is 357. The first kappa shape index (κ1) is 14.6. The summed E-state index contributed by atoms with van der Waals surface area (Å²) in [6.07, 6.45) is -0.645. The SMILES string of the molecule is NC(=O)C1(N)CCCC(N(CC(F)(F)F)C2CC2)C1. The fourth-order valence-electron chi connectivity index (χ4n) is 2.95. The number of carbonyl (C=O) groups excluding carboxylic acids is 1. The van der Waals surface area contributed by atoms with E-state index in [0.717, 1.165) is 12.8 Å². The molecule has 0 aromatic rings. The van der Waals surface area contributed by atoms with Crippen LogP contribution >= 0.6 is 0 Å². The van der Waals surface area contributed by atoms with Crippen molar-refractivity contribution in [3.05, 3.63) is 0 Å². The number of nitrogens with zero attached hydrogens (tertiary/aromatic N) is 1. The van der Waals surface area contributed by atoms with Crippen molar-refractivity contribution < 1.29 is 18.0 Å². The molecule has 2 aliphatic rings. The zero-order valence-corrected chi connectivity index (χ0v) is 10.7. The lowest BCUT2D eigenvalue weighted by Gasteiger charge is -2.41. The van der Waals surface area contributed by atoms with Crippen molar-refractivity contribution in [1.29, 1.82) is 0 Å². The van der Waals surface area contributed by atoms with Gasteiger partial charge >= 0.3 is 6.18 Å². The fourth-order valence-corrected chi connectivity index (χ4v) is 2.95. The Morgan fingerprint density at radius 1 is 1.26 bits per heavy atom. The number of primary amides is 1. The quantitative estimate of drug-likeness (QED) is 0.810. The molecule has 0 aromatic carbocycles. The average Bonchev–Trinajstić information content (AvgIpc) is 3.08. The second-order valence-corrected chi connectivity index (χ2v) is 5.79. The molecule has 0 spiro atoms. The van der Waals surface area contributed by atoms with E-state index >= 15 is 0 Å². The summed E-state index contributed by atoms with van der Waals surface area (Å²) >= 11 is 0. The van der Waals surface area contributed by atoms with E-state index in [2.05, 4.69) is 0 Å². The van der Waals surface area contributed by atoms with Crippen LogP contribution in [0.1, 0.15) is 38.5 Å². The molecule has 4 N–H and O–H groups in total. The zero-order chi connectivity index (χ0) is 14.3. The summed E-state index contributed by atoms with van der Waals surface area (Å²) in [6.45, 7) is -0.919. The van der Waals surface area contributed by atoms with Gasteiger partial charge in [0.05, 0.1) is 12.1 Å². The van der Waals surface area contributed by atoms with Crippen molar-refractivity contribution in [2.24, 2.45) is 11.5 Å². The van der Waals surface area contributed by atoms with Crippen molar-refractivity contribution in [3.63, 3.8) is 0 Å². The van der Waals surface area contributed by atoms with Crippen molar-refractivity contribution in [2.75, 3.05) is 6.54 Å². The lowest BCUT2D eigenvalue weighted by Crippen LogP contribution is -2.59. The normalized spacial score (nSPS) is 32.6. The number of nitrogens with two attached hydrogens (primary N) is 2. The molecule has 0 saturated heterocycles. The van der Waals surface area contributed by atoms with E-state index in [9.17, 15) is 18.0 Å². The molecule has 7 heteroatoms. The molecule has 4 nitrogen and oxygen atoms in total. The first-order valence-corrected chi connectivity index (χ1v) is 6.62. The Balaban J connectivity index is 2.07. The number of halogens is 3. The molecule has 1 amide bonds. The molecular weight excluding hydrogens is 259 g/mol. The third kappa shape index (κ3) is 3.60. The third-order valence-corrected chi connectivity index (χ3v) is 4.10. The molecule has 2 atom stereocenters. The van der Waals surface area contributed by atoms with Gasteiger partial charge in [0.1, 0.15) is 0 Å². The first-order chi connectivity index (χ1) is 8.71. The molecule has 2 saturated carbocycles. The summed E-state index contributed by atoms with van der Waals surface area (Å²) in [5.74, 6) is -0.611. The molecule has 0 radical (unpaired) electrons. The van der Waals surface area contributed by atoms with E-state index < -0.39 is 24.2 Å². The summed E-state index contributed by atoms with van der Waals surface area (Å²) < 4.78 is 37.9. The number of hydrogen-bond acceptors (Lipinski definition) is 3. The number of alkyl halides is 3. The van der Waals surface area contributed by atoms with E-state index in [1.54, 1.807) is 0 Å². The maximum absolute atomic E-state index is 12.6. The molecular formula is C12H20F3N3O. The molecule has 2 fully saturated rings. The molecule has 110 valence electrons. The molecule has 0 bridgehead atoms. The van der Waals surface area contributed by atoms with Crippen molar-refractivity contribution in [1.82, 2.24) is 4.90 Å². The number of carbonyl (C=O) groups is 1. The Labute approximate surface area is 110 Å². The highest BCUT2D eigenvalue weighted by atomic mass is 19.4. The van der Waals surface area contributed by atoms with E-state index in [0.29, 0.717) is 19.3 Å². The minimum Gasteiger partial charge on any atom is -0.368 e. The van der Waals surface area contributed by atoms with Crippen LogP contribution in [0.15, 0.2) is 0 Å². The molecule has 0 heterocycles. The lowest BCUT2D eigenvalue weighted by atomic mass is 9.78.